The Balaban J connectivity index is 1.67. The molecule has 3 rings (SSSR count). The van der Waals surface area contributed by atoms with Crippen LogP contribution in [0, 0.1) is 0 Å². The maximum absolute atomic E-state index is 12.4. The number of imidazole rings is 1. The monoisotopic (exact) mass is 447 g/mol. The third kappa shape index (κ3) is 3.80. The Morgan fingerprint density at radius 3 is 2.61 bits per heavy atom. The van der Waals surface area contributed by atoms with Gasteiger partial charge in [0, 0.05) is 45.1 Å². The number of carbonyl (C=O) groups excluding carboxylic acids is 1. The van der Waals surface area contributed by atoms with Gasteiger partial charge in [0.1, 0.15) is 0 Å². The van der Waals surface area contributed by atoms with Gasteiger partial charge in [-0.05, 0) is 18.1 Å². The Bertz CT molecular complexity index is 1140. The summed E-state index contributed by atoms with van der Waals surface area (Å²) < 4.78 is 5.10. The molecule has 0 N–H and O–H groups in total. The molecule has 3 aromatic rings. The van der Waals surface area contributed by atoms with E-state index in [0.717, 1.165) is 14.6 Å². The van der Waals surface area contributed by atoms with E-state index < -0.39 is 5.69 Å². The van der Waals surface area contributed by atoms with E-state index in [2.05, 4.69) is 20.9 Å². The Hall–Kier alpha value is -2.68. The lowest BCUT2D eigenvalue weighted by atomic mass is 10.2. The molecule has 0 aliphatic heterocycles. The van der Waals surface area contributed by atoms with Crippen molar-refractivity contribution in [3.05, 3.63) is 61.5 Å². The van der Waals surface area contributed by atoms with Gasteiger partial charge in [-0.3, -0.25) is 18.7 Å². The first-order valence-electron chi connectivity index (χ1n) is 8.89. The highest BCUT2D eigenvalue weighted by Crippen LogP contribution is 2.17. The minimum absolute atomic E-state index is 0.0282. The van der Waals surface area contributed by atoms with E-state index >= 15 is 0 Å². The molecule has 0 unspecified atom stereocenters. The quantitative estimate of drug-likeness (QED) is 0.574. The first kappa shape index (κ1) is 20.1. The number of fused-ring (bicyclic) bond motifs is 1. The van der Waals surface area contributed by atoms with E-state index in [9.17, 15) is 14.4 Å². The molecule has 28 heavy (non-hydrogen) atoms. The number of carbonyl (C=O) groups is 1. The van der Waals surface area contributed by atoms with Crippen molar-refractivity contribution in [1.82, 2.24) is 23.6 Å². The molecule has 148 valence electrons. The number of nitrogens with zero attached hydrogens (tertiary/aromatic N) is 5. The van der Waals surface area contributed by atoms with Crippen molar-refractivity contribution in [3.63, 3.8) is 0 Å². The van der Waals surface area contributed by atoms with E-state index in [1.165, 1.54) is 11.6 Å². The van der Waals surface area contributed by atoms with Crippen LogP contribution >= 0.6 is 15.9 Å². The number of aromatic nitrogens is 4. The molecule has 0 spiro atoms. The Morgan fingerprint density at radius 2 is 1.89 bits per heavy atom. The average molecular weight is 448 g/mol. The topological polar surface area (TPSA) is 82.1 Å². The fourth-order valence-corrected chi connectivity index (χ4v) is 3.54. The largest absolute Gasteiger partial charge is 0.341 e. The fourth-order valence-electron chi connectivity index (χ4n) is 3.13. The van der Waals surface area contributed by atoms with Crippen molar-refractivity contribution in [1.29, 1.82) is 0 Å². The summed E-state index contributed by atoms with van der Waals surface area (Å²) in [6.07, 6.45) is 2.46. The van der Waals surface area contributed by atoms with Gasteiger partial charge >= 0.3 is 5.69 Å². The normalized spacial score (nSPS) is 11.1. The molecule has 0 aliphatic carbocycles. The maximum atomic E-state index is 12.4. The molecule has 1 aromatic carbocycles. The second-order valence-electron chi connectivity index (χ2n) is 6.76. The smallest absolute Gasteiger partial charge is 0.332 e. The molecule has 0 atom stereocenters. The SMILES string of the molecule is CN(Cc1ccccc1Br)C(=O)CCCn1cnc2c1c(=O)n(C)c(=O)n2C. The molecule has 0 bridgehead atoms. The predicted molar refractivity (Wildman–Crippen MR) is 110 cm³/mol. The lowest BCUT2D eigenvalue weighted by molar-refractivity contribution is -0.130. The Morgan fingerprint density at radius 1 is 1.18 bits per heavy atom. The molecule has 0 saturated heterocycles. The van der Waals surface area contributed by atoms with Crippen molar-refractivity contribution < 1.29 is 4.79 Å². The van der Waals surface area contributed by atoms with Crippen LogP contribution in [0.1, 0.15) is 18.4 Å². The van der Waals surface area contributed by atoms with Crippen LogP contribution < -0.4 is 11.2 Å². The van der Waals surface area contributed by atoms with Crippen LogP contribution in [0.15, 0.2) is 44.7 Å². The van der Waals surface area contributed by atoms with Gasteiger partial charge < -0.3 is 9.47 Å². The summed E-state index contributed by atoms with van der Waals surface area (Å²) in [5, 5.41) is 0. The molecule has 8 nitrogen and oxygen atoms in total. The van der Waals surface area contributed by atoms with Crippen molar-refractivity contribution in [2.75, 3.05) is 7.05 Å². The lowest BCUT2D eigenvalue weighted by Crippen LogP contribution is -2.37. The summed E-state index contributed by atoms with van der Waals surface area (Å²) in [6, 6.07) is 7.80. The summed E-state index contributed by atoms with van der Waals surface area (Å²) in [5.41, 5.74) is 0.979. The first-order chi connectivity index (χ1) is 13.3. The highest BCUT2D eigenvalue weighted by molar-refractivity contribution is 9.10. The maximum Gasteiger partial charge on any atom is 0.332 e. The van der Waals surface area contributed by atoms with Gasteiger partial charge in [-0.1, -0.05) is 34.1 Å². The van der Waals surface area contributed by atoms with Crippen LogP contribution in [0.2, 0.25) is 0 Å². The van der Waals surface area contributed by atoms with Gasteiger partial charge in [-0.25, -0.2) is 9.78 Å². The van der Waals surface area contributed by atoms with Crippen LogP contribution in [0.5, 0.6) is 0 Å². The van der Waals surface area contributed by atoms with Gasteiger partial charge in [0.15, 0.2) is 11.2 Å². The number of halogens is 1. The Labute approximate surface area is 170 Å². The van der Waals surface area contributed by atoms with Gasteiger partial charge in [0.25, 0.3) is 5.56 Å². The summed E-state index contributed by atoms with van der Waals surface area (Å²) in [5.74, 6) is 0.0282. The highest BCUT2D eigenvalue weighted by atomic mass is 79.9. The first-order valence-corrected chi connectivity index (χ1v) is 9.68. The number of aryl methyl sites for hydroxylation is 2. The van der Waals surface area contributed by atoms with Crippen molar-refractivity contribution in [3.8, 4) is 0 Å². The number of hydrogen-bond donors (Lipinski definition) is 0. The van der Waals surface area contributed by atoms with Crippen LogP contribution in [0.4, 0.5) is 0 Å². The number of rotatable bonds is 6. The average Bonchev–Trinajstić information content (AvgIpc) is 3.10. The minimum Gasteiger partial charge on any atom is -0.341 e. The molecule has 2 aromatic heterocycles. The summed E-state index contributed by atoms with van der Waals surface area (Å²) >= 11 is 3.50. The minimum atomic E-state index is -0.411. The zero-order valence-corrected chi connectivity index (χ0v) is 17.6. The number of benzene rings is 1. The summed E-state index contributed by atoms with van der Waals surface area (Å²) in [4.78, 5) is 42.7. The molecular formula is C19H22BrN5O3. The summed E-state index contributed by atoms with van der Waals surface area (Å²) in [6.45, 7) is 0.996. The van der Waals surface area contributed by atoms with Gasteiger partial charge in [-0.15, -0.1) is 0 Å². The molecule has 2 heterocycles. The van der Waals surface area contributed by atoms with E-state index in [0.29, 0.717) is 37.1 Å². The highest BCUT2D eigenvalue weighted by Gasteiger charge is 2.15. The number of hydrogen-bond acceptors (Lipinski definition) is 4. The molecular weight excluding hydrogens is 426 g/mol. The molecule has 0 fully saturated rings. The summed E-state index contributed by atoms with van der Waals surface area (Å²) in [7, 11) is 4.81. The molecule has 9 heteroatoms. The lowest BCUT2D eigenvalue weighted by Gasteiger charge is -2.18. The number of amides is 1. The van der Waals surface area contributed by atoms with Crippen molar-refractivity contribution >= 4 is 33.0 Å². The second kappa shape index (κ2) is 8.14. The van der Waals surface area contributed by atoms with Gasteiger partial charge in [-0.2, -0.15) is 0 Å². The Kier molecular flexibility index (Phi) is 5.83. The van der Waals surface area contributed by atoms with E-state index in [1.807, 2.05) is 24.3 Å². The van der Waals surface area contributed by atoms with Crippen molar-refractivity contribution in [2.45, 2.75) is 25.9 Å². The van der Waals surface area contributed by atoms with E-state index in [4.69, 9.17) is 0 Å². The molecule has 0 radical (unpaired) electrons. The van der Waals surface area contributed by atoms with Gasteiger partial charge in [0.05, 0.1) is 6.33 Å². The standard InChI is InChI=1S/C19H22BrN5O3/c1-22(11-13-7-4-5-8-14(13)20)15(26)9-6-10-25-12-21-17-16(25)18(27)24(3)19(28)23(17)2/h4-5,7-8,12H,6,9-11H2,1-3H3. The van der Waals surface area contributed by atoms with Gasteiger partial charge in [0.2, 0.25) is 5.91 Å². The van der Waals surface area contributed by atoms with E-state index in [1.54, 1.807) is 29.9 Å². The van der Waals surface area contributed by atoms with Crippen LogP contribution in [-0.4, -0.2) is 36.5 Å². The third-order valence-corrected chi connectivity index (χ3v) is 5.57. The molecule has 0 saturated carbocycles. The fraction of sp³-hybridized carbons (Fsp3) is 0.368. The molecule has 1 amide bonds. The van der Waals surface area contributed by atoms with Crippen LogP contribution in [-0.2, 0) is 32.0 Å². The molecule has 0 aliphatic rings. The van der Waals surface area contributed by atoms with Crippen LogP contribution in [0.25, 0.3) is 11.2 Å². The second-order valence-corrected chi connectivity index (χ2v) is 7.62. The van der Waals surface area contributed by atoms with E-state index in [-0.39, 0.29) is 11.5 Å². The predicted octanol–water partition coefficient (Wildman–Crippen LogP) is 1.63. The zero-order chi connectivity index (χ0) is 20.4. The van der Waals surface area contributed by atoms with Crippen molar-refractivity contribution in [2.24, 2.45) is 14.1 Å². The van der Waals surface area contributed by atoms with Crippen LogP contribution in [0.3, 0.4) is 0 Å². The zero-order valence-electron chi connectivity index (χ0n) is 16.1. The third-order valence-electron chi connectivity index (χ3n) is 4.80.